The summed E-state index contributed by atoms with van der Waals surface area (Å²) in [6.07, 6.45) is 0.411. The Morgan fingerprint density at radius 3 is 2.36 bits per heavy atom. The molecular weight excluding hydrogens is 321 g/mol. The summed E-state index contributed by atoms with van der Waals surface area (Å²) in [4.78, 5) is 27.1. The molecule has 2 bridgehead atoms. The van der Waals surface area contributed by atoms with Gasteiger partial charge in [-0.15, -0.1) is 0 Å². The predicted molar refractivity (Wildman–Crippen MR) is 90.6 cm³/mol. The molecule has 4 rings (SSSR count). The summed E-state index contributed by atoms with van der Waals surface area (Å²) >= 11 is 0. The van der Waals surface area contributed by atoms with Gasteiger partial charge < -0.3 is 5.11 Å². The highest BCUT2D eigenvalue weighted by Gasteiger charge is 2.66. The number of aliphatic hydroxyl groups is 1. The number of halogens is 1. The highest BCUT2D eigenvalue weighted by Crippen LogP contribution is 2.49. The molecule has 5 heteroatoms. The van der Waals surface area contributed by atoms with Crippen molar-refractivity contribution in [3.05, 3.63) is 66.0 Å². The minimum Gasteiger partial charge on any atom is -0.373 e. The van der Waals surface area contributed by atoms with E-state index in [2.05, 4.69) is 0 Å². The number of anilines is 1. The molecule has 2 fully saturated rings. The van der Waals surface area contributed by atoms with Gasteiger partial charge in [0.05, 0.1) is 6.04 Å². The molecule has 1 saturated carbocycles. The fourth-order valence-corrected chi connectivity index (χ4v) is 4.19. The Morgan fingerprint density at radius 1 is 1.08 bits per heavy atom. The zero-order valence-electron chi connectivity index (χ0n) is 13.7. The van der Waals surface area contributed by atoms with Crippen LogP contribution in [0.5, 0.6) is 0 Å². The quantitative estimate of drug-likeness (QED) is 0.856. The summed E-state index contributed by atoms with van der Waals surface area (Å²) in [6, 6.07) is 14.3. The van der Waals surface area contributed by atoms with E-state index < -0.39 is 29.3 Å². The fraction of sp³-hybridized carbons (Fsp3) is 0.300. The third-order valence-electron chi connectivity index (χ3n) is 5.61. The van der Waals surface area contributed by atoms with E-state index in [1.807, 2.05) is 6.07 Å². The van der Waals surface area contributed by atoms with Crippen LogP contribution in [0.25, 0.3) is 0 Å². The zero-order valence-corrected chi connectivity index (χ0v) is 13.7. The number of hydrogen-bond acceptors (Lipinski definition) is 3. The van der Waals surface area contributed by atoms with Crippen LogP contribution in [0.2, 0.25) is 0 Å². The summed E-state index contributed by atoms with van der Waals surface area (Å²) in [6.45, 7) is 1.72. The molecule has 1 heterocycles. The van der Waals surface area contributed by atoms with Crippen LogP contribution >= 0.6 is 0 Å². The van der Waals surface area contributed by atoms with Crippen LogP contribution in [0, 0.1) is 11.7 Å². The van der Waals surface area contributed by atoms with Crippen molar-refractivity contribution >= 4 is 17.4 Å². The van der Waals surface area contributed by atoms with E-state index >= 15 is 0 Å². The second kappa shape index (κ2) is 5.49. The van der Waals surface area contributed by atoms with E-state index in [0.717, 1.165) is 5.56 Å². The Balaban J connectivity index is 1.78. The molecule has 0 spiro atoms. The lowest BCUT2D eigenvalue weighted by Crippen LogP contribution is -2.53. The Labute approximate surface area is 144 Å². The number of benzene rings is 2. The highest BCUT2D eigenvalue weighted by atomic mass is 19.1. The van der Waals surface area contributed by atoms with Gasteiger partial charge in [-0.05, 0) is 42.2 Å². The maximum atomic E-state index is 13.2. The van der Waals surface area contributed by atoms with Gasteiger partial charge in [-0.25, -0.2) is 4.39 Å². The van der Waals surface area contributed by atoms with Gasteiger partial charge in [0.1, 0.15) is 5.82 Å². The molecule has 1 aliphatic carbocycles. The molecule has 0 aromatic heterocycles. The second-order valence-corrected chi connectivity index (χ2v) is 6.84. The number of rotatable bonds is 2. The first-order valence-electron chi connectivity index (χ1n) is 8.35. The van der Waals surface area contributed by atoms with Gasteiger partial charge in [-0.3, -0.25) is 14.5 Å². The average Bonchev–Trinajstić information content (AvgIpc) is 2.76. The van der Waals surface area contributed by atoms with E-state index in [1.165, 1.54) is 17.0 Å². The van der Waals surface area contributed by atoms with Crippen LogP contribution in [0.1, 0.15) is 24.8 Å². The Morgan fingerprint density at radius 2 is 1.72 bits per heavy atom. The van der Waals surface area contributed by atoms with E-state index in [-0.39, 0.29) is 11.7 Å². The maximum absolute atomic E-state index is 13.2. The zero-order chi connectivity index (χ0) is 17.8. The first-order chi connectivity index (χ1) is 11.9. The summed E-state index contributed by atoms with van der Waals surface area (Å²) in [5.41, 5.74) is -0.598. The number of fused-ring (bicyclic) bond motifs is 2. The highest BCUT2D eigenvalue weighted by molar-refractivity contribution is 6.26. The summed E-state index contributed by atoms with van der Waals surface area (Å²) in [7, 11) is 0. The van der Waals surface area contributed by atoms with Crippen molar-refractivity contribution in [2.24, 2.45) is 5.92 Å². The number of amides is 1. The van der Waals surface area contributed by atoms with Crippen molar-refractivity contribution in [3.8, 4) is 0 Å². The topological polar surface area (TPSA) is 57.6 Å². The number of hydrogen-bond donors (Lipinski definition) is 1. The molecule has 0 unspecified atom stereocenters. The monoisotopic (exact) mass is 339 g/mol. The predicted octanol–water partition coefficient (Wildman–Crippen LogP) is 2.66. The lowest BCUT2D eigenvalue weighted by molar-refractivity contribution is -0.153. The summed E-state index contributed by atoms with van der Waals surface area (Å²) in [5, 5.41) is 11.0. The largest absolute Gasteiger partial charge is 0.373 e. The normalized spacial score (nSPS) is 31.5. The smallest absolute Gasteiger partial charge is 0.267 e. The van der Waals surface area contributed by atoms with E-state index in [9.17, 15) is 19.1 Å². The summed E-state index contributed by atoms with van der Waals surface area (Å²) in [5.74, 6) is -2.13. The Hall–Kier alpha value is -2.53. The molecule has 1 N–H and O–H groups in total. The first kappa shape index (κ1) is 16.0. The van der Waals surface area contributed by atoms with E-state index in [1.54, 1.807) is 43.3 Å². The second-order valence-electron chi connectivity index (χ2n) is 6.84. The maximum Gasteiger partial charge on any atom is 0.267 e. The van der Waals surface area contributed by atoms with Gasteiger partial charge in [0.25, 0.3) is 5.91 Å². The van der Waals surface area contributed by atoms with Crippen molar-refractivity contribution in [2.45, 2.75) is 30.9 Å². The van der Waals surface area contributed by atoms with Crippen molar-refractivity contribution in [2.75, 3.05) is 4.90 Å². The molecule has 25 heavy (non-hydrogen) atoms. The van der Waals surface area contributed by atoms with Gasteiger partial charge in [0.15, 0.2) is 5.78 Å². The fourth-order valence-electron chi connectivity index (χ4n) is 4.19. The standard InChI is InChI=1S/C20H18FNO3/c1-12-16(13-7-9-14(21)10-8-13)11-17-18(23)20(12,25)19(24)22(17)15-5-3-2-4-6-15/h2-10,12,16-17,25H,11H2,1H3/t12-,16-,17+,20-/m1/s1. The number of para-hydroxylation sites is 1. The summed E-state index contributed by atoms with van der Waals surface area (Å²) < 4.78 is 13.2. The number of carbonyl (C=O) groups is 2. The molecule has 128 valence electrons. The van der Waals surface area contributed by atoms with Gasteiger partial charge in [0, 0.05) is 11.6 Å². The molecule has 4 atom stereocenters. The first-order valence-corrected chi connectivity index (χ1v) is 8.35. The van der Waals surface area contributed by atoms with Crippen LogP contribution in [0.4, 0.5) is 10.1 Å². The minimum absolute atomic E-state index is 0.203. The number of nitrogens with zero attached hydrogens (tertiary/aromatic N) is 1. The number of carbonyl (C=O) groups excluding carboxylic acids is 2. The van der Waals surface area contributed by atoms with Gasteiger partial charge >= 0.3 is 0 Å². The third kappa shape index (κ3) is 2.15. The lowest BCUT2D eigenvalue weighted by Gasteiger charge is -2.37. The van der Waals surface area contributed by atoms with Gasteiger partial charge in [0.2, 0.25) is 5.60 Å². The molecule has 2 aliphatic rings. The molecule has 1 amide bonds. The molecule has 1 saturated heterocycles. The molecule has 1 aliphatic heterocycles. The van der Waals surface area contributed by atoms with Crippen molar-refractivity contribution < 1.29 is 19.1 Å². The minimum atomic E-state index is -2.03. The molecule has 2 aromatic rings. The Kier molecular flexibility index (Phi) is 3.51. The van der Waals surface area contributed by atoms with Crippen LogP contribution in [0.15, 0.2) is 54.6 Å². The van der Waals surface area contributed by atoms with E-state index in [4.69, 9.17) is 0 Å². The van der Waals surface area contributed by atoms with E-state index in [0.29, 0.717) is 12.1 Å². The molecule has 0 radical (unpaired) electrons. The Bertz CT molecular complexity index is 836. The average molecular weight is 339 g/mol. The lowest BCUT2D eigenvalue weighted by atomic mass is 9.67. The van der Waals surface area contributed by atoms with Crippen molar-refractivity contribution in [1.29, 1.82) is 0 Å². The molecule has 2 aromatic carbocycles. The molecule has 4 nitrogen and oxygen atoms in total. The molecular formula is C20H18FNO3. The van der Waals surface area contributed by atoms with Crippen LogP contribution in [-0.4, -0.2) is 28.4 Å². The SMILES string of the molecule is C[C@@H]1[C@H](c2ccc(F)cc2)C[C@H]2C(=O)[C@@]1(O)C(=O)N2c1ccccc1. The van der Waals surface area contributed by atoms with Crippen LogP contribution < -0.4 is 4.90 Å². The van der Waals surface area contributed by atoms with Crippen molar-refractivity contribution in [3.63, 3.8) is 0 Å². The number of ketones is 1. The van der Waals surface area contributed by atoms with Crippen LogP contribution in [-0.2, 0) is 9.59 Å². The van der Waals surface area contributed by atoms with Crippen molar-refractivity contribution in [1.82, 2.24) is 0 Å². The number of Topliss-reactive ketones (excluding diaryl/α,β-unsaturated/α-hetero) is 1. The van der Waals surface area contributed by atoms with Gasteiger partial charge in [-0.1, -0.05) is 37.3 Å². The van der Waals surface area contributed by atoms with Crippen LogP contribution in [0.3, 0.4) is 0 Å². The third-order valence-corrected chi connectivity index (χ3v) is 5.61. The van der Waals surface area contributed by atoms with Gasteiger partial charge in [-0.2, -0.15) is 0 Å².